The van der Waals surface area contributed by atoms with Gasteiger partial charge in [-0.2, -0.15) is 23.5 Å². The van der Waals surface area contributed by atoms with Gasteiger partial charge in [-0.15, -0.1) is 0 Å². The van der Waals surface area contributed by atoms with Gasteiger partial charge in [-0.1, -0.05) is 0 Å². The summed E-state index contributed by atoms with van der Waals surface area (Å²) >= 11 is 4.30. The summed E-state index contributed by atoms with van der Waals surface area (Å²) in [5.74, 6) is 4.06. The molecule has 2 fully saturated rings. The Bertz CT molecular complexity index is 203. The van der Waals surface area contributed by atoms with Gasteiger partial charge in [-0.3, -0.25) is 4.90 Å². The van der Waals surface area contributed by atoms with Crippen molar-refractivity contribution in [2.45, 2.75) is 24.6 Å². The molecule has 0 aromatic rings. The summed E-state index contributed by atoms with van der Waals surface area (Å²) in [7, 11) is 0. The lowest BCUT2D eigenvalue weighted by atomic mass is 10.0. The average Bonchev–Trinajstić information content (AvgIpc) is 2.17. The predicted molar refractivity (Wildman–Crippen MR) is 72.1 cm³/mol. The summed E-state index contributed by atoms with van der Waals surface area (Å²) in [5.41, 5.74) is 0.310. The minimum absolute atomic E-state index is 0.310. The highest BCUT2D eigenvalue weighted by atomic mass is 32.2. The van der Waals surface area contributed by atoms with Gasteiger partial charge < -0.3 is 5.32 Å². The maximum atomic E-state index is 3.57. The third-order valence-electron chi connectivity index (χ3n) is 3.00. The van der Waals surface area contributed by atoms with Gasteiger partial charge >= 0.3 is 0 Å². The van der Waals surface area contributed by atoms with Gasteiger partial charge in [0.25, 0.3) is 0 Å². The number of piperazine rings is 1. The van der Waals surface area contributed by atoms with Gasteiger partial charge in [0.1, 0.15) is 0 Å². The van der Waals surface area contributed by atoms with Crippen molar-refractivity contribution in [1.82, 2.24) is 10.2 Å². The van der Waals surface area contributed by atoms with E-state index in [2.05, 4.69) is 47.6 Å². The average molecular weight is 246 g/mol. The van der Waals surface area contributed by atoms with Crippen LogP contribution in [0.4, 0.5) is 0 Å². The second kappa shape index (κ2) is 5.30. The molecule has 0 amide bonds. The molecule has 2 aliphatic heterocycles. The van der Waals surface area contributed by atoms with Crippen LogP contribution >= 0.6 is 23.5 Å². The fraction of sp³-hybridized carbons (Fsp3) is 1.00. The topological polar surface area (TPSA) is 15.3 Å². The molecule has 0 spiro atoms. The summed E-state index contributed by atoms with van der Waals surface area (Å²) in [6.45, 7) is 9.49. The highest BCUT2D eigenvalue weighted by Crippen LogP contribution is 2.25. The van der Waals surface area contributed by atoms with Crippen LogP contribution < -0.4 is 5.32 Å². The van der Waals surface area contributed by atoms with Gasteiger partial charge in [0.05, 0.1) is 0 Å². The molecule has 1 unspecified atom stereocenters. The van der Waals surface area contributed by atoms with Crippen molar-refractivity contribution in [3.05, 3.63) is 0 Å². The minimum atomic E-state index is 0.310. The molecule has 1 atom stereocenters. The van der Waals surface area contributed by atoms with Crippen molar-refractivity contribution in [3.8, 4) is 0 Å². The van der Waals surface area contributed by atoms with Gasteiger partial charge in [0, 0.05) is 54.2 Å². The van der Waals surface area contributed by atoms with Crippen LogP contribution in [-0.2, 0) is 0 Å². The third kappa shape index (κ3) is 3.84. The van der Waals surface area contributed by atoms with Crippen molar-refractivity contribution in [3.63, 3.8) is 0 Å². The number of hydrogen-bond donors (Lipinski definition) is 1. The third-order valence-corrected chi connectivity index (χ3v) is 5.82. The lowest BCUT2D eigenvalue weighted by Gasteiger charge is -2.40. The quantitative estimate of drug-likeness (QED) is 0.794. The summed E-state index contributed by atoms with van der Waals surface area (Å²) in [6, 6.07) is 0. The Labute approximate surface area is 102 Å². The predicted octanol–water partition coefficient (Wildman–Crippen LogP) is 1.52. The first-order valence-electron chi connectivity index (χ1n) is 5.82. The van der Waals surface area contributed by atoms with Crippen molar-refractivity contribution in [2.24, 2.45) is 0 Å². The van der Waals surface area contributed by atoms with E-state index in [1.807, 2.05) is 0 Å². The molecule has 2 rings (SSSR count). The van der Waals surface area contributed by atoms with Gasteiger partial charge in [0.2, 0.25) is 0 Å². The first-order chi connectivity index (χ1) is 7.16. The largest absolute Gasteiger partial charge is 0.309 e. The van der Waals surface area contributed by atoms with Crippen molar-refractivity contribution < 1.29 is 0 Å². The molecule has 0 radical (unpaired) electrons. The molecular formula is C11H22N2S2. The lowest BCUT2D eigenvalue weighted by Crippen LogP contribution is -2.58. The van der Waals surface area contributed by atoms with E-state index in [1.165, 1.54) is 36.9 Å². The Morgan fingerprint density at radius 1 is 1.40 bits per heavy atom. The number of nitrogens with one attached hydrogen (secondary N) is 1. The number of thioether (sulfide) groups is 2. The van der Waals surface area contributed by atoms with Crippen LogP contribution in [0.5, 0.6) is 0 Å². The first-order valence-corrected chi connectivity index (χ1v) is 8.03. The van der Waals surface area contributed by atoms with Crippen LogP contribution in [0.3, 0.4) is 0 Å². The van der Waals surface area contributed by atoms with Crippen molar-refractivity contribution >= 4 is 23.5 Å². The summed E-state index contributed by atoms with van der Waals surface area (Å²) in [5, 5.41) is 4.44. The molecule has 0 aromatic carbocycles. The Morgan fingerprint density at radius 2 is 2.27 bits per heavy atom. The zero-order valence-electron chi connectivity index (χ0n) is 9.79. The second-order valence-electron chi connectivity index (χ2n) is 5.11. The van der Waals surface area contributed by atoms with Crippen molar-refractivity contribution in [1.29, 1.82) is 0 Å². The molecule has 15 heavy (non-hydrogen) atoms. The number of nitrogens with zero attached hydrogens (tertiary/aromatic N) is 1. The number of hydrogen-bond acceptors (Lipinski definition) is 4. The monoisotopic (exact) mass is 246 g/mol. The Hall–Kier alpha value is 0.620. The van der Waals surface area contributed by atoms with E-state index in [9.17, 15) is 0 Å². The fourth-order valence-corrected chi connectivity index (χ4v) is 5.05. The van der Waals surface area contributed by atoms with E-state index in [0.717, 1.165) is 11.8 Å². The molecule has 88 valence electrons. The van der Waals surface area contributed by atoms with E-state index >= 15 is 0 Å². The van der Waals surface area contributed by atoms with Crippen LogP contribution in [0.25, 0.3) is 0 Å². The standard InChI is InChI=1S/C11H22N2S2/c1-11(2)9-13(4-3-12-11)7-10-8-14-5-6-15-10/h10,12H,3-9H2,1-2H3. The smallest absolute Gasteiger partial charge is 0.0265 e. The maximum Gasteiger partial charge on any atom is 0.0265 e. The first kappa shape index (κ1) is 12.1. The lowest BCUT2D eigenvalue weighted by molar-refractivity contribution is 0.157. The van der Waals surface area contributed by atoms with Crippen LogP contribution in [0.2, 0.25) is 0 Å². The zero-order valence-corrected chi connectivity index (χ0v) is 11.4. The second-order valence-corrected chi connectivity index (χ2v) is 7.67. The highest BCUT2D eigenvalue weighted by molar-refractivity contribution is 8.06. The molecule has 0 saturated carbocycles. The van der Waals surface area contributed by atoms with E-state index in [4.69, 9.17) is 0 Å². The molecule has 0 aliphatic carbocycles. The maximum absolute atomic E-state index is 3.57. The zero-order chi connectivity index (χ0) is 10.7. The SMILES string of the molecule is CC1(C)CN(CC2CSCCS2)CCN1. The van der Waals surface area contributed by atoms with Crippen LogP contribution in [-0.4, -0.2) is 59.1 Å². The van der Waals surface area contributed by atoms with E-state index < -0.39 is 0 Å². The normalized spacial score (nSPS) is 32.8. The van der Waals surface area contributed by atoms with Gasteiger partial charge in [-0.25, -0.2) is 0 Å². The molecule has 4 heteroatoms. The van der Waals surface area contributed by atoms with Crippen LogP contribution in [0, 0.1) is 0 Å². The minimum Gasteiger partial charge on any atom is -0.309 e. The molecular weight excluding hydrogens is 224 g/mol. The van der Waals surface area contributed by atoms with Gasteiger partial charge in [0.15, 0.2) is 0 Å². The molecule has 0 bridgehead atoms. The Balaban J connectivity index is 1.78. The molecule has 2 nitrogen and oxygen atoms in total. The Morgan fingerprint density at radius 3 is 2.93 bits per heavy atom. The van der Waals surface area contributed by atoms with E-state index in [0.29, 0.717) is 5.54 Å². The Kier molecular flexibility index (Phi) is 4.27. The van der Waals surface area contributed by atoms with E-state index in [1.54, 1.807) is 0 Å². The highest BCUT2D eigenvalue weighted by Gasteiger charge is 2.27. The van der Waals surface area contributed by atoms with Crippen LogP contribution in [0.1, 0.15) is 13.8 Å². The summed E-state index contributed by atoms with van der Waals surface area (Å²) in [4.78, 5) is 2.64. The summed E-state index contributed by atoms with van der Waals surface area (Å²) < 4.78 is 0. The molecule has 1 N–H and O–H groups in total. The molecule has 2 aliphatic rings. The molecule has 2 saturated heterocycles. The number of rotatable bonds is 2. The molecule has 0 aromatic heterocycles. The summed E-state index contributed by atoms with van der Waals surface area (Å²) in [6.07, 6.45) is 0. The van der Waals surface area contributed by atoms with Gasteiger partial charge in [-0.05, 0) is 13.8 Å². The van der Waals surface area contributed by atoms with Crippen LogP contribution in [0.15, 0.2) is 0 Å². The van der Waals surface area contributed by atoms with Crippen molar-refractivity contribution in [2.75, 3.05) is 43.4 Å². The van der Waals surface area contributed by atoms with E-state index in [-0.39, 0.29) is 0 Å². The molecule has 2 heterocycles. The fourth-order valence-electron chi connectivity index (χ4n) is 2.33.